The smallest absolute Gasteiger partial charge is 0.137 e. The van der Waals surface area contributed by atoms with Crippen molar-refractivity contribution in [3.63, 3.8) is 0 Å². The van der Waals surface area contributed by atoms with E-state index in [1.807, 2.05) is 41.3 Å². The summed E-state index contributed by atoms with van der Waals surface area (Å²) in [4.78, 5) is 15.1. The average molecular weight is 329 g/mol. The summed E-state index contributed by atoms with van der Waals surface area (Å²) in [6.45, 7) is 0.757. The Morgan fingerprint density at radius 2 is 1.92 bits per heavy atom. The lowest BCUT2D eigenvalue weighted by molar-refractivity contribution is 0.590. The van der Waals surface area contributed by atoms with Crippen LogP contribution in [0.25, 0.3) is 33.5 Å². The van der Waals surface area contributed by atoms with Crippen molar-refractivity contribution in [2.45, 2.75) is 13.0 Å². The van der Waals surface area contributed by atoms with Crippen LogP contribution in [0.4, 0.5) is 0 Å². The lowest BCUT2D eigenvalue weighted by Crippen LogP contribution is -2.01. The second-order valence-corrected chi connectivity index (χ2v) is 5.95. The number of H-pyrrole nitrogens is 2. The van der Waals surface area contributed by atoms with Crippen molar-refractivity contribution in [3.05, 3.63) is 60.7 Å². The van der Waals surface area contributed by atoms with Crippen molar-refractivity contribution < 1.29 is 0 Å². The highest BCUT2D eigenvalue weighted by atomic mass is 15.4. The Kier molecular flexibility index (Phi) is 3.09. The van der Waals surface area contributed by atoms with Gasteiger partial charge in [0.1, 0.15) is 17.0 Å². The number of hydrogen-bond donors (Lipinski definition) is 2. The maximum atomic E-state index is 4.32. The van der Waals surface area contributed by atoms with E-state index < -0.39 is 0 Å². The molecular formula is C18H15N7. The lowest BCUT2D eigenvalue weighted by atomic mass is 10.1. The first kappa shape index (κ1) is 13.9. The fraction of sp³-hybridized carbons (Fsp3) is 0.111. The van der Waals surface area contributed by atoms with Gasteiger partial charge < -0.3 is 9.97 Å². The Bertz CT molecular complexity index is 1130. The number of hydrogen-bond acceptors (Lipinski definition) is 4. The maximum Gasteiger partial charge on any atom is 0.137 e. The summed E-state index contributed by atoms with van der Waals surface area (Å²) in [7, 11) is 0. The van der Waals surface area contributed by atoms with Gasteiger partial charge in [-0.05, 0) is 42.3 Å². The predicted molar refractivity (Wildman–Crippen MR) is 94.9 cm³/mol. The fourth-order valence-corrected chi connectivity index (χ4v) is 3.08. The average Bonchev–Trinajstić information content (AvgIpc) is 3.37. The number of nitrogens with zero attached hydrogens (tertiary/aromatic N) is 5. The van der Waals surface area contributed by atoms with Gasteiger partial charge in [-0.25, -0.2) is 9.97 Å². The number of pyridine rings is 2. The number of aryl methyl sites for hydroxylation is 2. The molecule has 0 amide bonds. The van der Waals surface area contributed by atoms with Gasteiger partial charge in [0.2, 0.25) is 0 Å². The highest BCUT2D eigenvalue weighted by Gasteiger charge is 2.09. The molecule has 0 saturated carbocycles. The topological polar surface area (TPSA) is 88.1 Å². The van der Waals surface area contributed by atoms with E-state index in [1.54, 1.807) is 12.4 Å². The zero-order chi connectivity index (χ0) is 16.6. The molecule has 122 valence electrons. The van der Waals surface area contributed by atoms with Crippen LogP contribution in [0.3, 0.4) is 0 Å². The van der Waals surface area contributed by atoms with E-state index in [0.29, 0.717) is 0 Å². The van der Waals surface area contributed by atoms with Crippen molar-refractivity contribution in [1.82, 2.24) is 34.9 Å². The first-order valence-electron chi connectivity index (χ1n) is 8.12. The predicted octanol–water partition coefficient (Wildman–Crippen LogP) is 2.94. The first-order valence-corrected chi connectivity index (χ1v) is 8.12. The summed E-state index contributed by atoms with van der Waals surface area (Å²) >= 11 is 0. The Morgan fingerprint density at radius 3 is 2.84 bits per heavy atom. The third-order valence-electron chi connectivity index (χ3n) is 4.35. The van der Waals surface area contributed by atoms with Crippen LogP contribution in [0.15, 0.2) is 55.1 Å². The highest BCUT2D eigenvalue weighted by Crippen LogP contribution is 2.21. The third-order valence-corrected chi connectivity index (χ3v) is 4.35. The molecule has 0 aromatic carbocycles. The highest BCUT2D eigenvalue weighted by molar-refractivity contribution is 5.82. The molecule has 7 heteroatoms. The summed E-state index contributed by atoms with van der Waals surface area (Å²) in [6, 6.07) is 10.0. The van der Waals surface area contributed by atoms with Crippen LogP contribution in [-0.2, 0) is 13.0 Å². The van der Waals surface area contributed by atoms with Crippen LogP contribution >= 0.6 is 0 Å². The van der Waals surface area contributed by atoms with Crippen molar-refractivity contribution in [2.24, 2.45) is 0 Å². The summed E-state index contributed by atoms with van der Waals surface area (Å²) in [5, 5.41) is 10.7. The Hall–Kier alpha value is -3.48. The molecule has 5 heterocycles. The van der Waals surface area contributed by atoms with Crippen LogP contribution in [0.5, 0.6) is 0 Å². The number of aromatic nitrogens is 7. The van der Waals surface area contributed by atoms with Gasteiger partial charge in [0.05, 0.1) is 11.9 Å². The molecule has 5 rings (SSSR count). The Morgan fingerprint density at radius 1 is 1.04 bits per heavy atom. The van der Waals surface area contributed by atoms with Crippen LogP contribution in [0.2, 0.25) is 0 Å². The molecule has 0 aliphatic heterocycles. The molecule has 0 bridgehead atoms. The van der Waals surface area contributed by atoms with Crippen LogP contribution in [0.1, 0.15) is 5.56 Å². The van der Waals surface area contributed by atoms with Crippen molar-refractivity contribution in [3.8, 4) is 11.4 Å². The lowest BCUT2D eigenvalue weighted by Gasteiger charge is -1.99. The molecule has 25 heavy (non-hydrogen) atoms. The number of rotatable bonds is 4. The minimum Gasteiger partial charge on any atom is -0.346 e. The van der Waals surface area contributed by atoms with Crippen molar-refractivity contribution in [1.29, 1.82) is 0 Å². The molecule has 2 N–H and O–H groups in total. The molecule has 7 nitrogen and oxygen atoms in total. The first-order chi connectivity index (χ1) is 12.4. The van der Waals surface area contributed by atoms with E-state index in [0.717, 1.165) is 46.4 Å². The van der Waals surface area contributed by atoms with Crippen molar-refractivity contribution >= 4 is 22.1 Å². The zero-order valence-corrected chi connectivity index (χ0v) is 13.3. The largest absolute Gasteiger partial charge is 0.346 e. The quantitative estimate of drug-likeness (QED) is 0.530. The van der Waals surface area contributed by atoms with Crippen LogP contribution in [-0.4, -0.2) is 34.9 Å². The number of fused-ring (bicyclic) bond motifs is 2. The fourth-order valence-electron chi connectivity index (χ4n) is 3.08. The molecule has 0 fully saturated rings. The van der Waals surface area contributed by atoms with E-state index in [-0.39, 0.29) is 0 Å². The molecule has 0 saturated heterocycles. The van der Waals surface area contributed by atoms with Gasteiger partial charge in [0.15, 0.2) is 0 Å². The summed E-state index contributed by atoms with van der Waals surface area (Å²) in [6.07, 6.45) is 8.40. The normalized spacial score (nSPS) is 11.5. The van der Waals surface area contributed by atoms with E-state index in [1.165, 1.54) is 5.56 Å². The van der Waals surface area contributed by atoms with Crippen LogP contribution < -0.4 is 0 Å². The van der Waals surface area contributed by atoms with Gasteiger partial charge in [0, 0.05) is 35.9 Å². The van der Waals surface area contributed by atoms with Gasteiger partial charge >= 0.3 is 0 Å². The monoisotopic (exact) mass is 329 g/mol. The summed E-state index contributed by atoms with van der Waals surface area (Å²) < 4.78 is 1.86. The summed E-state index contributed by atoms with van der Waals surface area (Å²) in [5.41, 5.74) is 4.76. The number of aromatic amines is 2. The van der Waals surface area contributed by atoms with Gasteiger partial charge in [0.25, 0.3) is 0 Å². The Labute approximate surface area is 142 Å². The van der Waals surface area contributed by atoms with E-state index in [9.17, 15) is 0 Å². The SMILES string of the molecule is c1cnc2[nH]c(-c3cn(CCc4c[nH]c5ncccc45)nn3)cc2c1. The van der Waals surface area contributed by atoms with Gasteiger partial charge in [-0.15, -0.1) is 5.10 Å². The minimum absolute atomic E-state index is 0.757. The number of nitrogens with one attached hydrogen (secondary N) is 2. The molecule has 0 atom stereocenters. The van der Waals surface area contributed by atoms with E-state index in [2.05, 4.69) is 36.3 Å². The van der Waals surface area contributed by atoms with Gasteiger partial charge in [-0.2, -0.15) is 0 Å². The van der Waals surface area contributed by atoms with Gasteiger partial charge in [-0.1, -0.05) is 5.21 Å². The molecule has 0 aliphatic rings. The third kappa shape index (κ3) is 2.46. The molecule has 0 spiro atoms. The molecule has 5 aromatic rings. The second kappa shape index (κ2) is 5.55. The maximum absolute atomic E-state index is 4.32. The molecule has 0 radical (unpaired) electrons. The standard InChI is InChI=1S/C18H15N7/c1-3-12-9-15(22-17(12)19-6-1)16-11-25(24-23-16)8-5-13-10-21-18-14(13)4-2-7-20-18/h1-4,6-7,9-11H,5,8H2,(H,19,22)(H,20,21). The van der Waals surface area contributed by atoms with Crippen LogP contribution in [0, 0.1) is 0 Å². The minimum atomic E-state index is 0.757. The molecular weight excluding hydrogens is 314 g/mol. The molecule has 0 aliphatic carbocycles. The zero-order valence-electron chi connectivity index (χ0n) is 13.3. The Balaban J connectivity index is 1.37. The van der Waals surface area contributed by atoms with E-state index in [4.69, 9.17) is 0 Å². The second-order valence-electron chi connectivity index (χ2n) is 5.95. The van der Waals surface area contributed by atoms with Crippen molar-refractivity contribution in [2.75, 3.05) is 0 Å². The molecule has 5 aromatic heterocycles. The summed E-state index contributed by atoms with van der Waals surface area (Å²) in [5.74, 6) is 0. The molecule has 0 unspecified atom stereocenters. The van der Waals surface area contributed by atoms with Gasteiger partial charge in [-0.3, -0.25) is 4.68 Å². The van der Waals surface area contributed by atoms with E-state index >= 15 is 0 Å².